The molecule has 1 fully saturated rings. The maximum atomic E-state index is 13.2. The highest BCUT2D eigenvalue weighted by Crippen LogP contribution is 2.34. The Kier molecular flexibility index (Phi) is 6.33. The number of methoxy groups -OCH3 is 1. The molecule has 0 aliphatic carbocycles. The van der Waals surface area contributed by atoms with Crippen molar-refractivity contribution in [1.29, 1.82) is 0 Å². The number of carbonyl (C=O) groups is 1. The zero-order valence-electron chi connectivity index (χ0n) is 16.0. The molecule has 9 heteroatoms. The van der Waals surface area contributed by atoms with E-state index in [9.17, 15) is 9.59 Å². The highest BCUT2D eigenvalue weighted by atomic mass is 32.2. The van der Waals surface area contributed by atoms with Crippen LogP contribution >= 0.6 is 35.7 Å². The van der Waals surface area contributed by atoms with Gasteiger partial charge >= 0.3 is 0 Å². The third kappa shape index (κ3) is 4.20. The molecule has 0 radical (unpaired) electrons. The Hall–Kier alpha value is -2.46. The minimum absolute atomic E-state index is 0.227. The first kappa shape index (κ1) is 20.8. The number of aromatic nitrogens is 2. The van der Waals surface area contributed by atoms with Crippen molar-refractivity contribution in [3.8, 4) is 0 Å². The Labute approximate surface area is 186 Å². The molecule has 3 heterocycles. The van der Waals surface area contributed by atoms with Crippen molar-refractivity contribution in [3.63, 3.8) is 0 Å². The van der Waals surface area contributed by atoms with Crippen LogP contribution in [0.2, 0.25) is 0 Å². The van der Waals surface area contributed by atoms with Crippen LogP contribution in [0.3, 0.4) is 0 Å². The van der Waals surface area contributed by atoms with Crippen molar-refractivity contribution >= 4 is 57.7 Å². The zero-order chi connectivity index (χ0) is 21.1. The summed E-state index contributed by atoms with van der Waals surface area (Å²) in [5.74, 6) is -0.227. The number of thioether (sulfide) groups is 1. The summed E-state index contributed by atoms with van der Waals surface area (Å²) in [5, 5.41) is 0.541. The number of ether oxygens (including phenoxy) is 1. The van der Waals surface area contributed by atoms with Crippen LogP contribution in [0.4, 0.5) is 0 Å². The van der Waals surface area contributed by atoms with E-state index in [-0.39, 0.29) is 11.5 Å². The van der Waals surface area contributed by atoms with Crippen LogP contribution in [0, 0.1) is 0 Å². The molecule has 1 aliphatic rings. The average molecular weight is 456 g/mol. The van der Waals surface area contributed by atoms with Crippen molar-refractivity contribution < 1.29 is 9.53 Å². The number of amides is 1. The first-order valence-corrected chi connectivity index (χ1v) is 11.1. The zero-order valence-corrected chi connectivity index (χ0v) is 18.4. The van der Waals surface area contributed by atoms with Gasteiger partial charge in [-0.2, -0.15) is 0 Å². The molecular formula is C21H17N3O3S3. The molecular weight excluding hydrogens is 438 g/mol. The first-order valence-electron chi connectivity index (χ1n) is 9.07. The lowest BCUT2D eigenvalue weighted by Gasteiger charge is -2.13. The highest BCUT2D eigenvalue weighted by molar-refractivity contribution is 8.26. The molecule has 4 rings (SSSR count). The van der Waals surface area contributed by atoms with Gasteiger partial charge in [-0.15, -0.1) is 0 Å². The Morgan fingerprint density at radius 1 is 1.17 bits per heavy atom. The number of hydrogen-bond donors (Lipinski definition) is 0. The fourth-order valence-electron chi connectivity index (χ4n) is 2.89. The summed E-state index contributed by atoms with van der Waals surface area (Å²) in [4.78, 5) is 33.6. The van der Waals surface area contributed by atoms with Crippen LogP contribution < -0.4 is 5.56 Å². The quantitative estimate of drug-likeness (QED) is 0.319. The maximum Gasteiger partial charge on any atom is 0.266 e. The summed E-state index contributed by atoms with van der Waals surface area (Å²) in [6, 6.07) is 15.1. The summed E-state index contributed by atoms with van der Waals surface area (Å²) in [6.45, 7) is 0.758. The Balaban J connectivity index is 1.81. The smallest absolute Gasteiger partial charge is 0.266 e. The molecule has 2 aromatic heterocycles. The van der Waals surface area contributed by atoms with E-state index in [0.29, 0.717) is 38.6 Å². The molecule has 0 unspecified atom stereocenters. The van der Waals surface area contributed by atoms with Crippen LogP contribution in [0.15, 0.2) is 74.3 Å². The summed E-state index contributed by atoms with van der Waals surface area (Å²) >= 11 is 7.91. The SMILES string of the molecule is COCCN1C(=O)/C(=C/c2c(Sc3ccccc3)nc3ccccn3c2=O)SC1=S. The second kappa shape index (κ2) is 9.13. The molecule has 1 aromatic carbocycles. The number of thiocarbonyl (C=S) groups is 1. The number of fused-ring (bicyclic) bond motifs is 1. The monoisotopic (exact) mass is 455 g/mol. The van der Waals surface area contributed by atoms with Gasteiger partial charge in [0, 0.05) is 18.2 Å². The lowest BCUT2D eigenvalue weighted by atomic mass is 10.2. The Morgan fingerprint density at radius 3 is 2.70 bits per heavy atom. The lowest BCUT2D eigenvalue weighted by molar-refractivity contribution is -0.122. The number of carbonyl (C=O) groups excluding carboxylic acids is 1. The number of nitrogens with zero attached hydrogens (tertiary/aromatic N) is 3. The molecule has 30 heavy (non-hydrogen) atoms. The largest absolute Gasteiger partial charge is 0.383 e. The molecule has 0 N–H and O–H groups in total. The maximum absolute atomic E-state index is 13.2. The van der Waals surface area contributed by atoms with Gasteiger partial charge < -0.3 is 4.74 Å². The average Bonchev–Trinajstić information content (AvgIpc) is 3.02. The minimum atomic E-state index is -0.235. The van der Waals surface area contributed by atoms with Crippen LogP contribution in [0.1, 0.15) is 5.56 Å². The van der Waals surface area contributed by atoms with E-state index in [0.717, 1.165) is 4.90 Å². The Bertz CT molecular complexity index is 1210. The number of benzene rings is 1. The molecule has 0 saturated carbocycles. The topological polar surface area (TPSA) is 63.9 Å². The van der Waals surface area contributed by atoms with Gasteiger partial charge in [0.05, 0.1) is 23.6 Å². The normalized spacial score (nSPS) is 15.5. The van der Waals surface area contributed by atoms with Gasteiger partial charge in [0.25, 0.3) is 11.5 Å². The number of pyridine rings is 1. The Morgan fingerprint density at radius 2 is 1.93 bits per heavy atom. The fraction of sp³-hybridized carbons (Fsp3) is 0.143. The summed E-state index contributed by atoms with van der Waals surface area (Å²) < 4.78 is 6.99. The van der Waals surface area contributed by atoms with Crippen LogP contribution in [-0.2, 0) is 9.53 Å². The van der Waals surface area contributed by atoms with E-state index in [1.54, 1.807) is 31.5 Å². The molecule has 1 amide bonds. The van der Waals surface area contributed by atoms with Gasteiger partial charge in [-0.3, -0.25) is 18.9 Å². The predicted octanol–water partition coefficient (Wildman–Crippen LogP) is 3.69. The van der Waals surface area contributed by atoms with Gasteiger partial charge in [-0.25, -0.2) is 4.98 Å². The van der Waals surface area contributed by atoms with E-state index in [4.69, 9.17) is 17.0 Å². The third-order valence-corrected chi connectivity index (χ3v) is 6.75. The van der Waals surface area contributed by atoms with Crippen LogP contribution in [0.5, 0.6) is 0 Å². The van der Waals surface area contributed by atoms with Crippen LogP contribution in [-0.4, -0.2) is 44.8 Å². The van der Waals surface area contributed by atoms with Gasteiger partial charge in [0.2, 0.25) is 0 Å². The van der Waals surface area contributed by atoms with Crippen molar-refractivity contribution in [2.24, 2.45) is 0 Å². The first-order chi connectivity index (χ1) is 14.6. The lowest BCUT2D eigenvalue weighted by Crippen LogP contribution is -2.31. The highest BCUT2D eigenvalue weighted by Gasteiger charge is 2.32. The molecule has 152 valence electrons. The van der Waals surface area contributed by atoms with Crippen molar-refractivity contribution in [1.82, 2.24) is 14.3 Å². The minimum Gasteiger partial charge on any atom is -0.383 e. The molecule has 3 aromatic rings. The van der Waals surface area contributed by atoms with Gasteiger partial charge in [0.1, 0.15) is 15.0 Å². The molecule has 0 atom stereocenters. The van der Waals surface area contributed by atoms with Gasteiger partial charge in [0.15, 0.2) is 0 Å². The van der Waals surface area contributed by atoms with Crippen molar-refractivity contribution in [2.75, 3.05) is 20.3 Å². The third-order valence-electron chi connectivity index (χ3n) is 4.36. The number of rotatable bonds is 6. The number of hydrogen-bond acceptors (Lipinski definition) is 7. The second-order valence-electron chi connectivity index (χ2n) is 6.31. The standard InChI is InChI=1S/C21H17N3O3S3/c1-27-12-11-24-20(26)16(30-21(24)28)13-15-18(29-14-7-3-2-4-8-14)22-17-9-5-6-10-23(17)19(15)25/h2-10,13H,11-12H2,1H3/b16-13-. The molecule has 1 aliphatic heterocycles. The van der Waals surface area contributed by atoms with E-state index in [1.807, 2.05) is 36.4 Å². The summed E-state index contributed by atoms with van der Waals surface area (Å²) in [5.41, 5.74) is 0.673. The van der Waals surface area contributed by atoms with Gasteiger partial charge in [-0.05, 0) is 30.3 Å². The van der Waals surface area contributed by atoms with E-state index >= 15 is 0 Å². The predicted molar refractivity (Wildman–Crippen MR) is 124 cm³/mol. The van der Waals surface area contributed by atoms with Crippen LogP contribution in [0.25, 0.3) is 11.7 Å². The van der Waals surface area contributed by atoms with Crippen molar-refractivity contribution in [3.05, 3.63) is 75.6 Å². The van der Waals surface area contributed by atoms with E-state index in [2.05, 4.69) is 4.98 Å². The second-order valence-corrected chi connectivity index (χ2v) is 9.04. The van der Waals surface area contributed by atoms with Crippen molar-refractivity contribution in [2.45, 2.75) is 9.92 Å². The van der Waals surface area contributed by atoms with Gasteiger partial charge in [-0.1, -0.05) is 60.0 Å². The molecule has 6 nitrogen and oxygen atoms in total. The fourth-order valence-corrected chi connectivity index (χ4v) is 5.09. The molecule has 0 bridgehead atoms. The summed E-state index contributed by atoms with van der Waals surface area (Å²) in [7, 11) is 1.57. The summed E-state index contributed by atoms with van der Waals surface area (Å²) in [6.07, 6.45) is 3.27. The molecule has 0 spiro atoms. The molecule has 1 saturated heterocycles. The van der Waals surface area contributed by atoms with E-state index < -0.39 is 0 Å². The van der Waals surface area contributed by atoms with E-state index in [1.165, 1.54) is 32.8 Å².